The van der Waals surface area contributed by atoms with Gasteiger partial charge in [-0.3, -0.25) is 0 Å². The van der Waals surface area contributed by atoms with Crippen molar-refractivity contribution >= 4 is 5.71 Å². The standard InChI is InChI=1S/C27H37NO4/c1-6-7-16-31-26-19-21(2)27(22(3)20-26)32-18-11-9-8-10-17-30-25-14-12-24(13-15-25)23(4)28-29-5/h6-7,12-15,19-20H,8-11,16-18H2,1-5H3/b7-6+,28-23+. The van der Waals surface area contributed by atoms with E-state index in [2.05, 4.69) is 19.0 Å². The van der Waals surface area contributed by atoms with Gasteiger partial charge < -0.3 is 19.0 Å². The lowest BCUT2D eigenvalue weighted by Crippen LogP contribution is -2.03. The summed E-state index contributed by atoms with van der Waals surface area (Å²) in [7, 11) is 1.55. The molecule has 174 valence electrons. The molecule has 0 aromatic heterocycles. The van der Waals surface area contributed by atoms with Gasteiger partial charge in [-0.2, -0.15) is 0 Å². The minimum atomic E-state index is 0.591. The molecule has 0 aliphatic heterocycles. The molecule has 0 radical (unpaired) electrons. The van der Waals surface area contributed by atoms with Gasteiger partial charge in [0.05, 0.1) is 18.9 Å². The van der Waals surface area contributed by atoms with E-state index >= 15 is 0 Å². The summed E-state index contributed by atoms with van der Waals surface area (Å²) in [6.45, 7) is 10.1. The van der Waals surface area contributed by atoms with Gasteiger partial charge in [0, 0.05) is 0 Å². The Hall–Kier alpha value is -2.95. The summed E-state index contributed by atoms with van der Waals surface area (Å²) in [6, 6.07) is 12.0. The highest BCUT2D eigenvalue weighted by Crippen LogP contribution is 2.28. The number of unbranched alkanes of at least 4 members (excludes halogenated alkanes) is 3. The van der Waals surface area contributed by atoms with Crippen LogP contribution in [0.15, 0.2) is 53.7 Å². The minimum Gasteiger partial charge on any atom is -0.494 e. The van der Waals surface area contributed by atoms with E-state index in [-0.39, 0.29) is 0 Å². The highest BCUT2D eigenvalue weighted by Gasteiger charge is 2.07. The molecule has 0 heterocycles. The third-order valence-corrected chi connectivity index (χ3v) is 5.07. The SMILES string of the molecule is C/C=C/COc1cc(C)c(OCCCCCCOc2ccc(/C(C)=N/OC)cc2)c(C)c1. The molecule has 0 amide bonds. The second-order valence-corrected chi connectivity index (χ2v) is 7.76. The molecule has 0 fully saturated rings. The Morgan fingerprint density at radius 3 is 2.06 bits per heavy atom. The van der Waals surface area contributed by atoms with E-state index in [4.69, 9.17) is 19.0 Å². The normalized spacial score (nSPS) is 11.6. The molecule has 0 saturated heterocycles. The van der Waals surface area contributed by atoms with Crippen LogP contribution in [-0.2, 0) is 4.84 Å². The van der Waals surface area contributed by atoms with Crippen molar-refractivity contribution in [2.24, 2.45) is 5.16 Å². The molecule has 32 heavy (non-hydrogen) atoms. The molecule has 2 rings (SSSR count). The first-order chi connectivity index (χ1) is 15.5. The van der Waals surface area contributed by atoms with E-state index < -0.39 is 0 Å². The molecule has 0 unspecified atom stereocenters. The zero-order chi connectivity index (χ0) is 23.2. The number of rotatable bonds is 14. The fourth-order valence-corrected chi connectivity index (χ4v) is 3.37. The molecule has 0 spiro atoms. The van der Waals surface area contributed by atoms with Crippen molar-refractivity contribution < 1.29 is 19.0 Å². The maximum absolute atomic E-state index is 6.05. The molecule has 0 N–H and O–H groups in total. The van der Waals surface area contributed by atoms with Crippen molar-refractivity contribution in [2.45, 2.75) is 53.4 Å². The van der Waals surface area contributed by atoms with Gasteiger partial charge in [-0.15, -0.1) is 0 Å². The summed E-state index contributed by atoms with van der Waals surface area (Å²) in [5.41, 5.74) is 4.10. The molecule has 0 aliphatic carbocycles. The van der Waals surface area contributed by atoms with Crippen molar-refractivity contribution in [1.29, 1.82) is 0 Å². The summed E-state index contributed by atoms with van der Waals surface area (Å²) in [5, 5.41) is 3.94. The van der Waals surface area contributed by atoms with Crippen LogP contribution in [0.4, 0.5) is 0 Å². The molecular weight excluding hydrogens is 402 g/mol. The summed E-state index contributed by atoms with van der Waals surface area (Å²) >= 11 is 0. The second-order valence-electron chi connectivity index (χ2n) is 7.76. The largest absolute Gasteiger partial charge is 0.494 e. The molecule has 0 bridgehead atoms. The predicted octanol–water partition coefficient (Wildman–Crippen LogP) is 6.65. The topological polar surface area (TPSA) is 49.3 Å². The summed E-state index contributed by atoms with van der Waals surface area (Å²) < 4.78 is 17.6. The van der Waals surface area contributed by atoms with E-state index in [1.807, 2.05) is 62.4 Å². The first-order valence-corrected chi connectivity index (χ1v) is 11.3. The lowest BCUT2D eigenvalue weighted by Gasteiger charge is -2.14. The number of oxime groups is 1. The zero-order valence-corrected chi connectivity index (χ0v) is 20.1. The third-order valence-electron chi connectivity index (χ3n) is 5.07. The first-order valence-electron chi connectivity index (χ1n) is 11.3. The van der Waals surface area contributed by atoms with Crippen molar-refractivity contribution in [3.8, 4) is 17.2 Å². The van der Waals surface area contributed by atoms with Crippen LogP contribution in [0.1, 0.15) is 56.2 Å². The molecule has 0 atom stereocenters. The first kappa shape index (κ1) is 25.3. The summed E-state index contributed by atoms with van der Waals surface area (Å²) in [5.74, 6) is 2.74. The van der Waals surface area contributed by atoms with Crippen LogP contribution in [0.25, 0.3) is 0 Å². The smallest absolute Gasteiger partial charge is 0.125 e. The number of aryl methyl sites for hydroxylation is 2. The molecule has 0 saturated carbocycles. The quantitative estimate of drug-likeness (QED) is 0.143. The van der Waals surface area contributed by atoms with Crippen LogP contribution in [-0.4, -0.2) is 32.6 Å². The van der Waals surface area contributed by atoms with Crippen molar-refractivity contribution in [2.75, 3.05) is 26.9 Å². The van der Waals surface area contributed by atoms with Crippen LogP contribution in [0, 0.1) is 13.8 Å². The van der Waals surface area contributed by atoms with Crippen LogP contribution in [0.3, 0.4) is 0 Å². The van der Waals surface area contributed by atoms with E-state index in [0.717, 1.165) is 78.5 Å². The van der Waals surface area contributed by atoms with Gasteiger partial charge >= 0.3 is 0 Å². The fourth-order valence-electron chi connectivity index (χ4n) is 3.37. The number of benzene rings is 2. The Morgan fingerprint density at radius 2 is 1.47 bits per heavy atom. The minimum absolute atomic E-state index is 0.591. The van der Waals surface area contributed by atoms with E-state index in [1.165, 1.54) is 0 Å². The van der Waals surface area contributed by atoms with Gasteiger partial charge in [0.15, 0.2) is 0 Å². The van der Waals surface area contributed by atoms with Gasteiger partial charge in [-0.25, -0.2) is 0 Å². The number of nitrogens with zero attached hydrogens (tertiary/aromatic N) is 1. The number of allylic oxidation sites excluding steroid dienone is 1. The third kappa shape index (κ3) is 8.66. The van der Waals surface area contributed by atoms with Gasteiger partial charge in [0.25, 0.3) is 0 Å². The summed E-state index contributed by atoms with van der Waals surface area (Å²) in [4.78, 5) is 4.81. The van der Waals surface area contributed by atoms with E-state index in [1.54, 1.807) is 7.11 Å². The average Bonchev–Trinajstić information content (AvgIpc) is 2.78. The molecule has 2 aromatic carbocycles. The maximum Gasteiger partial charge on any atom is 0.125 e. The number of hydrogen-bond acceptors (Lipinski definition) is 5. The van der Waals surface area contributed by atoms with Crippen molar-refractivity contribution in [1.82, 2.24) is 0 Å². The van der Waals surface area contributed by atoms with Gasteiger partial charge in [-0.1, -0.05) is 17.3 Å². The van der Waals surface area contributed by atoms with Gasteiger partial charge in [0.2, 0.25) is 0 Å². The van der Waals surface area contributed by atoms with E-state index in [0.29, 0.717) is 6.61 Å². The lowest BCUT2D eigenvalue weighted by atomic mass is 10.1. The van der Waals surface area contributed by atoms with Gasteiger partial charge in [-0.05, 0) is 106 Å². The molecule has 2 aromatic rings. The number of ether oxygens (including phenoxy) is 3. The van der Waals surface area contributed by atoms with Gasteiger partial charge in [0.1, 0.15) is 31.0 Å². The number of hydrogen-bond donors (Lipinski definition) is 0. The Bertz CT molecular complexity index is 849. The monoisotopic (exact) mass is 439 g/mol. The van der Waals surface area contributed by atoms with Crippen LogP contribution >= 0.6 is 0 Å². The molecule has 5 nitrogen and oxygen atoms in total. The Balaban J connectivity index is 1.62. The highest BCUT2D eigenvalue weighted by molar-refractivity contribution is 5.98. The Morgan fingerprint density at radius 1 is 0.844 bits per heavy atom. The Kier molecular flexibility index (Phi) is 11.2. The second kappa shape index (κ2) is 14.2. The van der Waals surface area contributed by atoms with E-state index in [9.17, 15) is 0 Å². The summed E-state index contributed by atoms with van der Waals surface area (Å²) in [6.07, 6.45) is 8.29. The fraction of sp³-hybridized carbons (Fsp3) is 0.444. The molecular formula is C27H37NO4. The van der Waals surface area contributed by atoms with Crippen molar-refractivity contribution in [3.63, 3.8) is 0 Å². The van der Waals surface area contributed by atoms with Crippen LogP contribution in [0.5, 0.6) is 17.2 Å². The zero-order valence-electron chi connectivity index (χ0n) is 20.1. The van der Waals surface area contributed by atoms with Crippen LogP contribution in [0.2, 0.25) is 0 Å². The molecule has 0 aliphatic rings. The molecule has 5 heteroatoms. The highest BCUT2D eigenvalue weighted by atomic mass is 16.6. The van der Waals surface area contributed by atoms with Crippen LogP contribution < -0.4 is 14.2 Å². The Labute approximate surface area is 193 Å². The maximum atomic E-state index is 6.05. The van der Waals surface area contributed by atoms with Crippen molar-refractivity contribution in [3.05, 3.63) is 65.2 Å². The lowest BCUT2D eigenvalue weighted by molar-refractivity contribution is 0.213. The predicted molar refractivity (Wildman–Crippen MR) is 131 cm³/mol. The average molecular weight is 440 g/mol.